The second-order valence-corrected chi connectivity index (χ2v) is 3.45. The third-order valence-corrected chi connectivity index (χ3v) is 2.04. The lowest BCUT2D eigenvalue weighted by molar-refractivity contribution is -0.141. The fourth-order valence-corrected chi connectivity index (χ4v) is 1.30. The summed E-state index contributed by atoms with van der Waals surface area (Å²) in [5.74, 6) is -0.0535. The molecule has 0 saturated carbocycles. The topological polar surface area (TPSA) is 75.0 Å². The summed E-state index contributed by atoms with van der Waals surface area (Å²) in [6, 6.07) is 4.34. The van der Waals surface area contributed by atoms with Crippen molar-refractivity contribution in [1.82, 2.24) is 4.98 Å². The van der Waals surface area contributed by atoms with Crippen LogP contribution in [0.4, 0.5) is 5.82 Å². The zero-order chi connectivity index (χ0) is 12.1. The molecule has 1 aromatic rings. The number of nitrogens with one attached hydrogen (secondary N) is 1. The molecule has 0 fully saturated rings. The maximum atomic E-state index is 11.1. The van der Waals surface area contributed by atoms with Crippen LogP contribution in [0.5, 0.6) is 0 Å². The largest absolute Gasteiger partial charge is 0.467 e. The van der Waals surface area contributed by atoms with Crippen molar-refractivity contribution in [1.29, 1.82) is 5.26 Å². The fourth-order valence-electron chi connectivity index (χ4n) is 1.09. The lowest BCUT2D eigenvalue weighted by atomic mass is 10.2. The van der Waals surface area contributed by atoms with Gasteiger partial charge in [0, 0.05) is 0 Å². The Labute approximate surface area is 98.0 Å². The highest BCUT2D eigenvalue weighted by molar-refractivity contribution is 6.29. The molecule has 1 aromatic heterocycles. The number of esters is 1. The van der Waals surface area contributed by atoms with Crippen molar-refractivity contribution >= 4 is 23.4 Å². The summed E-state index contributed by atoms with van der Waals surface area (Å²) < 4.78 is 4.54. The minimum Gasteiger partial charge on any atom is -0.467 e. The fraction of sp³-hybridized carbons (Fsp3) is 0.300. The summed E-state index contributed by atoms with van der Waals surface area (Å²) in [5, 5.41) is 11.7. The summed E-state index contributed by atoms with van der Waals surface area (Å²) in [6.07, 6.45) is 0. The van der Waals surface area contributed by atoms with Crippen LogP contribution in [0.3, 0.4) is 0 Å². The molecule has 16 heavy (non-hydrogen) atoms. The average molecular weight is 240 g/mol. The quantitative estimate of drug-likeness (QED) is 0.640. The van der Waals surface area contributed by atoms with Gasteiger partial charge in [-0.05, 0) is 19.1 Å². The predicted octanol–water partition coefficient (Wildman–Crippen LogP) is 1.58. The van der Waals surface area contributed by atoms with Gasteiger partial charge in [-0.15, -0.1) is 0 Å². The number of nitriles is 1. The van der Waals surface area contributed by atoms with Gasteiger partial charge in [-0.1, -0.05) is 11.6 Å². The van der Waals surface area contributed by atoms with Crippen LogP contribution in [0.1, 0.15) is 12.5 Å². The molecule has 0 radical (unpaired) electrons. The smallest absolute Gasteiger partial charge is 0.328 e. The minimum absolute atomic E-state index is 0.193. The highest BCUT2D eigenvalue weighted by Gasteiger charge is 2.13. The molecule has 1 unspecified atom stereocenters. The summed E-state index contributed by atoms with van der Waals surface area (Å²) >= 11 is 5.71. The van der Waals surface area contributed by atoms with Gasteiger partial charge in [0.2, 0.25) is 0 Å². The number of nitrogens with zero attached hydrogens (tertiary/aromatic N) is 2. The Hall–Kier alpha value is -1.80. The lowest BCUT2D eigenvalue weighted by Crippen LogP contribution is -2.27. The highest BCUT2D eigenvalue weighted by Crippen LogP contribution is 2.14. The van der Waals surface area contributed by atoms with Crippen molar-refractivity contribution in [2.24, 2.45) is 0 Å². The van der Waals surface area contributed by atoms with E-state index in [1.165, 1.54) is 19.2 Å². The molecule has 5 nitrogen and oxygen atoms in total. The first kappa shape index (κ1) is 12.3. The zero-order valence-corrected chi connectivity index (χ0v) is 9.58. The molecule has 0 saturated heterocycles. The molecule has 0 aliphatic heterocycles. The minimum atomic E-state index is -0.553. The first-order chi connectivity index (χ1) is 7.56. The number of anilines is 1. The van der Waals surface area contributed by atoms with Crippen LogP contribution in [-0.2, 0) is 9.53 Å². The molecule has 0 aliphatic carbocycles. The number of hydrogen-bond acceptors (Lipinski definition) is 5. The first-order valence-corrected chi connectivity index (χ1v) is 4.86. The van der Waals surface area contributed by atoms with Crippen molar-refractivity contribution in [3.63, 3.8) is 0 Å². The van der Waals surface area contributed by atoms with Gasteiger partial charge in [0.15, 0.2) is 0 Å². The standard InChI is InChI=1S/C10H10ClN3O2/c1-6(10(15)16-2)13-9-4-7(5-12)3-8(11)14-9/h3-4,6H,1-2H3,(H,13,14). The van der Waals surface area contributed by atoms with Gasteiger partial charge < -0.3 is 10.1 Å². The maximum Gasteiger partial charge on any atom is 0.328 e. The van der Waals surface area contributed by atoms with Crippen LogP contribution < -0.4 is 5.32 Å². The molecule has 0 spiro atoms. The molecule has 84 valence electrons. The van der Waals surface area contributed by atoms with Gasteiger partial charge in [-0.3, -0.25) is 0 Å². The van der Waals surface area contributed by atoms with Crippen molar-refractivity contribution in [3.05, 3.63) is 22.8 Å². The molecular formula is C10H10ClN3O2. The van der Waals surface area contributed by atoms with Crippen LogP contribution in [0, 0.1) is 11.3 Å². The second-order valence-electron chi connectivity index (χ2n) is 3.06. The number of rotatable bonds is 3. The van der Waals surface area contributed by atoms with E-state index >= 15 is 0 Å². The van der Waals surface area contributed by atoms with Crippen molar-refractivity contribution in [3.8, 4) is 6.07 Å². The first-order valence-electron chi connectivity index (χ1n) is 4.49. The third-order valence-electron chi connectivity index (χ3n) is 1.84. The summed E-state index contributed by atoms with van der Waals surface area (Å²) in [7, 11) is 1.30. The summed E-state index contributed by atoms with van der Waals surface area (Å²) in [5.41, 5.74) is 0.375. The summed E-state index contributed by atoms with van der Waals surface area (Å²) in [4.78, 5) is 15.1. The monoisotopic (exact) mass is 239 g/mol. The lowest BCUT2D eigenvalue weighted by Gasteiger charge is -2.12. The van der Waals surface area contributed by atoms with Crippen LogP contribution in [0.25, 0.3) is 0 Å². The molecule has 0 aromatic carbocycles. The van der Waals surface area contributed by atoms with Gasteiger partial charge >= 0.3 is 5.97 Å². The Morgan fingerprint density at radius 3 is 2.94 bits per heavy atom. The molecule has 1 atom stereocenters. The number of carbonyl (C=O) groups excluding carboxylic acids is 1. The van der Waals surface area contributed by atoms with Crippen LogP contribution >= 0.6 is 11.6 Å². The maximum absolute atomic E-state index is 11.1. The van der Waals surface area contributed by atoms with E-state index in [2.05, 4.69) is 15.0 Å². The number of pyridine rings is 1. The van der Waals surface area contributed by atoms with E-state index in [-0.39, 0.29) is 5.15 Å². The molecule has 0 bridgehead atoms. The molecule has 6 heteroatoms. The van der Waals surface area contributed by atoms with E-state index in [1.807, 2.05) is 6.07 Å². The van der Waals surface area contributed by atoms with Gasteiger partial charge in [-0.25, -0.2) is 9.78 Å². The Kier molecular flexibility index (Phi) is 4.09. The van der Waals surface area contributed by atoms with E-state index in [9.17, 15) is 4.79 Å². The van der Waals surface area contributed by atoms with Crippen molar-refractivity contribution in [2.75, 3.05) is 12.4 Å². The molecule has 1 rings (SSSR count). The van der Waals surface area contributed by atoms with E-state index in [0.29, 0.717) is 11.4 Å². The normalized spacial score (nSPS) is 11.4. The van der Waals surface area contributed by atoms with Gasteiger partial charge in [0.25, 0.3) is 0 Å². The van der Waals surface area contributed by atoms with Crippen molar-refractivity contribution in [2.45, 2.75) is 13.0 Å². The SMILES string of the molecule is COC(=O)C(C)Nc1cc(C#N)cc(Cl)n1. The highest BCUT2D eigenvalue weighted by atomic mass is 35.5. The van der Waals surface area contributed by atoms with Crippen LogP contribution in [0.15, 0.2) is 12.1 Å². The number of ether oxygens (including phenoxy) is 1. The predicted molar refractivity (Wildman–Crippen MR) is 59.1 cm³/mol. The molecule has 0 aliphatic rings. The number of halogens is 1. The van der Waals surface area contributed by atoms with Gasteiger partial charge in [0.1, 0.15) is 17.0 Å². The van der Waals surface area contributed by atoms with E-state index in [1.54, 1.807) is 6.92 Å². The Morgan fingerprint density at radius 1 is 1.69 bits per heavy atom. The van der Waals surface area contributed by atoms with Crippen molar-refractivity contribution < 1.29 is 9.53 Å². The molecular weight excluding hydrogens is 230 g/mol. The third kappa shape index (κ3) is 3.11. The summed E-state index contributed by atoms with van der Waals surface area (Å²) in [6.45, 7) is 1.63. The molecule has 1 heterocycles. The van der Waals surface area contributed by atoms with E-state index in [4.69, 9.17) is 16.9 Å². The van der Waals surface area contributed by atoms with E-state index in [0.717, 1.165) is 0 Å². The second kappa shape index (κ2) is 5.33. The molecule has 1 N–H and O–H groups in total. The van der Waals surface area contributed by atoms with Crippen LogP contribution in [0.2, 0.25) is 5.15 Å². The Bertz CT molecular complexity index is 442. The number of methoxy groups -OCH3 is 1. The van der Waals surface area contributed by atoms with Gasteiger partial charge in [-0.2, -0.15) is 5.26 Å². The average Bonchev–Trinajstić information content (AvgIpc) is 2.26. The van der Waals surface area contributed by atoms with Gasteiger partial charge in [0.05, 0.1) is 18.7 Å². The Morgan fingerprint density at radius 2 is 2.38 bits per heavy atom. The number of carbonyl (C=O) groups is 1. The number of hydrogen-bond donors (Lipinski definition) is 1. The Balaban J connectivity index is 2.86. The van der Waals surface area contributed by atoms with E-state index < -0.39 is 12.0 Å². The number of aromatic nitrogens is 1. The molecule has 0 amide bonds. The van der Waals surface area contributed by atoms with Crippen LogP contribution in [-0.4, -0.2) is 24.1 Å². The zero-order valence-electron chi connectivity index (χ0n) is 8.82.